The van der Waals surface area contributed by atoms with Crippen molar-refractivity contribution in [3.63, 3.8) is 0 Å². The second-order valence-electron chi connectivity index (χ2n) is 2.34. The minimum Gasteiger partial charge on any atom is -0.494 e. The quantitative estimate of drug-likeness (QED) is 0.657. The molecule has 0 radical (unpaired) electrons. The van der Waals surface area contributed by atoms with Crippen LogP contribution >= 0.6 is 0 Å². The van der Waals surface area contributed by atoms with E-state index in [4.69, 9.17) is 4.74 Å². The molecule has 0 atom stereocenters. The fourth-order valence-corrected chi connectivity index (χ4v) is 0.830. The van der Waals surface area contributed by atoms with E-state index in [1.54, 1.807) is 19.1 Å². The second-order valence-corrected chi connectivity index (χ2v) is 2.34. The Hall–Kier alpha value is -1.05. The van der Waals surface area contributed by atoms with Crippen molar-refractivity contribution in [3.8, 4) is 5.75 Å². The molecule has 0 heterocycles. The number of rotatable bonds is 2. The summed E-state index contributed by atoms with van der Waals surface area (Å²) in [5.41, 5.74) is 0.647. The monoisotopic (exact) mass is 244 g/mol. The summed E-state index contributed by atoms with van der Waals surface area (Å²) in [6.07, 6.45) is 0. The Morgan fingerprint density at radius 1 is 1.00 bits per heavy atom. The molecular weight excluding hydrogens is 215 g/mol. The highest BCUT2D eigenvalue weighted by Gasteiger charge is 1.97. The first-order valence-corrected chi connectivity index (χ1v) is 6.63. The molecule has 102 valence electrons. The van der Waals surface area contributed by atoms with Crippen LogP contribution in [0.1, 0.15) is 54.0 Å². The van der Waals surface area contributed by atoms with Crippen molar-refractivity contribution >= 4 is 0 Å². The van der Waals surface area contributed by atoms with Crippen molar-refractivity contribution in [2.75, 3.05) is 6.61 Å². The zero-order chi connectivity index (χ0) is 14.3. The first kappa shape index (κ1) is 21.3. The molecule has 0 saturated carbocycles. The predicted molar refractivity (Wildman–Crippen MR) is 76.4 cm³/mol. The molecule has 1 aromatic rings. The van der Waals surface area contributed by atoms with Gasteiger partial charge in [-0.15, -0.1) is 0 Å². The average molecular weight is 244 g/mol. The van der Waals surface area contributed by atoms with E-state index in [9.17, 15) is 4.39 Å². The van der Waals surface area contributed by atoms with Crippen molar-refractivity contribution in [1.29, 1.82) is 0 Å². The summed E-state index contributed by atoms with van der Waals surface area (Å²) in [5, 5.41) is 0. The van der Waals surface area contributed by atoms with Gasteiger partial charge in [-0.1, -0.05) is 47.6 Å². The van der Waals surface area contributed by atoms with Gasteiger partial charge < -0.3 is 4.74 Å². The summed E-state index contributed by atoms with van der Waals surface area (Å²) in [7, 11) is 0. The fraction of sp³-hybridized carbons (Fsp3) is 0.600. The van der Waals surface area contributed by atoms with Gasteiger partial charge in [-0.2, -0.15) is 0 Å². The highest BCUT2D eigenvalue weighted by Crippen LogP contribution is 2.15. The molecule has 0 aliphatic rings. The lowest BCUT2D eigenvalue weighted by atomic mass is 10.2. The summed E-state index contributed by atoms with van der Waals surface area (Å²) >= 11 is 0. The molecular formula is C15H29FO. The first-order valence-electron chi connectivity index (χ1n) is 6.63. The Morgan fingerprint density at radius 3 is 1.82 bits per heavy atom. The van der Waals surface area contributed by atoms with E-state index in [1.807, 2.05) is 48.5 Å². The lowest BCUT2D eigenvalue weighted by Crippen LogP contribution is -1.92. The van der Waals surface area contributed by atoms with Gasteiger partial charge in [-0.05, 0) is 25.5 Å². The highest BCUT2D eigenvalue weighted by atomic mass is 19.1. The third-order valence-electron chi connectivity index (χ3n) is 1.45. The zero-order valence-electron chi connectivity index (χ0n) is 12.7. The first-order chi connectivity index (χ1) is 8.24. The Labute approximate surface area is 107 Å². The molecule has 17 heavy (non-hydrogen) atoms. The van der Waals surface area contributed by atoms with Gasteiger partial charge in [-0.25, -0.2) is 4.39 Å². The van der Waals surface area contributed by atoms with E-state index >= 15 is 0 Å². The summed E-state index contributed by atoms with van der Waals surface area (Å²) in [6.45, 7) is 16.2. The Balaban J connectivity index is -0.000000285. The van der Waals surface area contributed by atoms with E-state index in [2.05, 4.69) is 0 Å². The van der Waals surface area contributed by atoms with Crippen LogP contribution in [0.15, 0.2) is 18.2 Å². The largest absolute Gasteiger partial charge is 0.494 e. The van der Waals surface area contributed by atoms with Crippen LogP contribution in [-0.2, 0) is 0 Å². The molecule has 0 spiro atoms. The molecule has 0 aliphatic heterocycles. The van der Waals surface area contributed by atoms with Gasteiger partial charge in [-0.3, -0.25) is 0 Å². The van der Waals surface area contributed by atoms with Crippen molar-refractivity contribution < 1.29 is 9.13 Å². The number of benzene rings is 1. The van der Waals surface area contributed by atoms with E-state index in [0.29, 0.717) is 17.9 Å². The van der Waals surface area contributed by atoms with Gasteiger partial charge in [0.25, 0.3) is 0 Å². The Morgan fingerprint density at radius 2 is 1.47 bits per heavy atom. The third kappa shape index (κ3) is 11.2. The molecule has 0 N–H and O–H groups in total. The van der Waals surface area contributed by atoms with Crippen LogP contribution in [0.5, 0.6) is 5.75 Å². The SMILES string of the molecule is CC.CC.CC.CCOc1ccc(C)c(F)c1. The van der Waals surface area contributed by atoms with Crippen molar-refractivity contribution in [2.45, 2.75) is 55.4 Å². The minimum atomic E-state index is -0.212. The molecule has 2 heteroatoms. The predicted octanol–water partition coefficient (Wildman–Crippen LogP) is 5.61. The van der Waals surface area contributed by atoms with Crippen LogP contribution in [0, 0.1) is 12.7 Å². The number of hydrogen-bond acceptors (Lipinski definition) is 1. The van der Waals surface area contributed by atoms with Crippen molar-refractivity contribution in [1.82, 2.24) is 0 Å². The summed E-state index contributed by atoms with van der Waals surface area (Å²) in [4.78, 5) is 0. The number of halogens is 1. The van der Waals surface area contributed by atoms with Crippen LogP contribution in [-0.4, -0.2) is 6.61 Å². The summed E-state index contributed by atoms with van der Waals surface area (Å²) in [6, 6.07) is 4.88. The van der Waals surface area contributed by atoms with Gasteiger partial charge in [0.2, 0.25) is 0 Å². The molecule has 1 rings (SSSR count). The molecule has 0 bridgehead atoms. The van der Waals surface area contributed by atoms with Gasteiger partial charge >= 0.3 is 0 Å². The zero-order valence-corrected chi connectivity index (χ0v) is 12.7. The van der Waals surface area contributed by atoms with Crippen LogP contribution in [0.2, 0.25) is 0 Å². The highest BCUT2D eigenvalue weighted by molar-refractivity contribution is 5.27. The average Bonchev–Trinajstić information content (AvgIpc) is 2.41. The van der Waals surface area contributed by atoms with Crippen LogP contribution in [0.3, 0.4) is 0 Å². The molecule has 0 aromatic heterocycles. The topological polar surface area (TPSA) is 9.23 Å². The lowest BCUT2D eigenvalue weighted by molar-refractivity contribution is 0.338. The third-order valence-corrected chi connectivity index (χ3v) is 1.45. The summed E-state index contributed by atoms with van der Waals surface area (Å²) < 4.78 is 17.9. The van der Waals surface area contributed by atoms with Crippen LogP contribution in [0.25, 0.3) is 0 Å². The Kier molecular flexibility index (Phi) is 21.7. The maximum Gasteiger partial charge on any atom is 0.129 e. The molecule has 0 aliphatic carbocycles. The maximum atomic E-state index is 12.8. The molecule has 1 nitrogen and oxygen atoms in total. The van der Waals surface area contributed by atoms with Gasteiger partial charge in [0.05, 0.1) is 6.61 Å². The van der Waals surface area contributed by atoms with Gasteiger partial charge in [0.1, 0.15) is 11.6 Å². The standard InChI is InChI=1S/C9H11FO.3C2H6/c1-3-11-8-5-4-7(2)9(10)6-8;3*1-2/h4-6H,3H2,1-2H3;3*1-2H3. The molecule has 1 aromatic carbocycles. The van der Waals surface area contributed by atoms with E-state index in [-0.39, 0.29) is 5.82 Å². The molecule has 0 saturated heterocycles. The smallest absolute Gasteiger partial charge is 0.129 e. The minimum absolute atomic E-state index is 0.212. The maximum absolute atomic E-state index is 12.8. The molecule has 0 amide bonds. The number of ether oxygens (including phenoxy) is 1. The number of hydrogen-bond donors (Lipinski definition) is 0. The van der Waals surface area contributed by atoms with Crippen molar-refractivity contribution in [2.24, 2.45) is 0 Å². The van der Waals surface area contributed by atoms with E-state index < -0.39 is 0 Å². The van der Waals surface area contributed by atoms with Crippen LogP contribution in [0.4, 0.5) is 4.39 Å². The second kappa shape index (κ2) is 17.3. The van der Waals surface area contributed by atoms with E-state index in [1.165, 1.54) is 6.07 Å². The van der Waals surface area contributed by atoms with Gasteiger partial charge in [0.15, 0.2) is 0 Å². The number of aryl methyl sites for hydroxylation is 1. The Bertz CT molecular complexity index is 247. The summed E-state index contributed by atoms with van der Waals surface area (Å²) in [5.74, 6) is 0.381. The lowest BCUT2D eigenvalue weighted by Gasteiger charge is -2.02. The normalized spacial score (nSPS) is 7.35. The van der Waals surface area contributed by atoms with Crippen molar-refractivity contribution in [3.05, 3.63) is 29.6 Å². The molecule has 0 unspecified atom stereocenters. The van der Waals surface area contributed by atoms with E-state index in [0.717, 1.165) is 0 Å². The van der Waals surface area contributed by atoms with Gasteiger partial charge in [0, 0.05) is 6.07 Å². The fourth-order valence-electron chi connectivity index (χ4n) is 0.830. The molecule has 0 fully saturated rings. The van der Waals surface area contributed by atoms with Crippen LogP contribution < -0.4 is 4.74 Å².